The van der Waals surface area contributed by atoms with Gasteiger partial charge in [-0.25, -0.2) is 9.78 Å². The Hall–Kier alpha value is -0.940. The van der Waals surface area contributed by atoms with Crippen LogP contribution in [0, 0.1) is 5.92 Å². The molecule has 1 rings (SSSR count). The molecule has 0 amide bonds. The Kier molecular flexibility index (Phi) is 6.15. The molecule has 0 radical (unpaired) electrons. The molecule has 0 saturated carbocycles. The normalized spacial score (nSPS) is 12.7. The van der Waals surface area contributed by atoms with Gasteiger partial charge in [-0.3, -0.25) is 0 Å². The first-order chi connectivity index (χ1) is 8.13. The van der Waals surface area contributed by atoms with E-state index in [0.717, 1.165) is 12.8 Å². The van der Waals surface area contributed by atoms with Gasteiger partial charge in [0.1, 0.15) is 0 Å². The number of aromatic nitrogens is 1. The van der Waals surface area contributed by atoms with Crippen LogP contribution in [0.4, 0.5) is 0 Å². The zero-order valence-corrected chi connectivity index (χ0v) is 11.3. The van der Waals surface area contributed by atoms with Gasteiger partial charge in [0, 0.05) is 18.4 Å². The summed E-state index contributed by atoms with van der Waals surface area (Å²) in [5, 5.41) is 1.67. The monoisotopic (exact) mass is 257 g/mol. The Morgan fingerprint density at radius 2 is 2.24 bits per heavy atom. The van der Waals surface area contributed by atoms with Crippen molar-refractivity contribution in [2.75, 3.05) is 6.61 Å². The summed E-state index contributed by atoms with van der Waals surface area (Å²) in [5.74, 6) is 0.157. The molecule has 0 saturated heterocycles. The number of esters is 1. The highest BCUT2D eigenvalue weighted by atomic mass is 32.1. The van der Waals surface area contributed by atoms with Crippen molar-refractivity contribution in [2.24, 2.45) is 5.92 Å². The zero-order valence-electron chi connectivity index (χ0n) is 10.5. The molecule has 1 unspecified atom stereocenters. The second kappa shape index (κ2) is 7.40. The van der Waals surface area contributed by atoms with Crippen LogP contribution >= 0.6 is 11.3 Å². The van der Waals surface area contributed by atoms with E-state index >= 15 is 0 Å². The molecular weight excluding hydrogens is 238 g/mol. The Balaban J connectivity index is 2.45. The molecule has 0 aliphatic carbocycles. The number of carbonyl (C=O) groups is 1. The number of nitrogens with zero attached hydrogens (tertiary/aromatic N) is 1. The standard InChI is InChI=1S/C12H19NO3S/c1-4-15-11(6-5-9(2)3)16-12(14)10-7-17-8-13-10/h7-9,11H,4-6H2,1-3H3. The third-order valence-electron chi connectivity index (χ3n) is 2.21. The van der Waals surface area contributed by atoms with E-state index in [1.165, 1.54) is 11.3 Å². The number of thiazole rings is 1. The van der Waals surface area contributed by atoms with Gasteiger partial charge in [-0.05, 0) is 19.3 Å². The van der Waals surface area contributed by atoms with Crippen LogP contribution in [0.3, 0.4) is 0 Å². The number of hydrogen-bond acceptors (Lipinski definition) is 5. The zero-order chi connectivity index (χ0) is 12.7. The summed E-state index contributed by atoms with van der Waals surface area (Å²) in [7, 11) is 0. The second-order valence-electron chi connectivity index (χ2n) is 4.14. The van der Waals surface area contributed by atoms with E-state index in [9.17, 15) is 4.79 Å². The summed E-state index contributed by atoms with van der Waals surface area (Å²) >= 11 is 1.37. The highest BCUT2D eigenvalue weighted by Gasteiger charge is 2.17. The number of ether oxygens (including phenoxy) is 2. The molecule has 17 heavy (non-hydrogen) atoms. The van der Waals surface area contributed by atoms with Crippen LogP contribution in [-0.4, -0.2) is 23.9 Å². The number of carbonyl (C=O) groups excluding carboxylic acids is 1. The van der Waals surface area contributed by atoms with Crippen molar-refractivity contribution in [1.29, 1.82) is 0 Å². The van der Waals surface area contributed by atoms with Gasteiger partial charge < -0.3 is 9.47 Å². The predicted octanol–water partition coefficient (Wildman–Crippen LogP) is 3.10. The lowest BCUT2D eigenvalue weighted by molar-refractivity contribution is -0.112. The first-order valence-corrected chi connectivity index (χ1v) is 6.78. The predicted molar refractivity (Wildman–Crippen MR) is 67.0 cm³/mol. The van der Waals surface area contributed by atoms with Gasteiger partial charge in [-0.1, -0.05) is 13.8 Å². The van der Waals surface area contributed by atoms with Gasteiger partial charge >= 0.3 is 5.97 Å². The summed E-state index contributed by atoms with van der Waals surface area (Å²) in [6.07, 6.45) is 1.23. The molecule has 0 aliphatic rings. The minimum absolute atomic E-state index is 0.351. The fourth-order valence-corrected chi connectivity index (χ4v) is 1.85. The summed E-state index contributed by atoms with van der Waals surface area (Å²) in [4.78, 5) is 15.6. The quantitative estimate of drug-likeness (QED) is 0.556. The molecule has 1 aromatic rings. The lowest BCUT2D eigenvalue weighted by Gasteiger charge is -2.17. The first kappa shape index (κ1) is 14.1. The van der Waals surface area contributed by atoms with Crippen molar-refractivity contribution in [3.05, 3.63) is 16.6 Å². The Labute approximate surface area is 106 Å². The minimum atomic E-state index is -0.461. The molecule has 1 aromatic heterocycles. The summed E-state index contributed by atoms with van der Waals surface area (Å²) in [6, 6.07) is 0. The van der Waals surface area contributed by atoms with Crippen molar-refractivity contribution in [2.45, 2.75) is 39.9 Å². The van der Waals surface area contributed by atoms with Gasteiger partial charge in [0.05, 0.1) is 5.51 Å². The van der Waals surface area contributed by atoms with E-state index in [1.54, 1.807) is 10.9 Å². The third-order valence-corrected chi connectivity index (χ3v) is 2.80. The molecule has 96 valence electrons. The van der Waals surface area contributed by atoms with Gasteiger partial charge in [-0.15, -0.1) is 11.3 Å². The van der Waals surface area contributed by atoms with Gasteiger partial charge in [-0.2, -0.15) is 0 Å². The Morgan fingerprint density at radius 3 is 2.76 bits per heavy atom. The minimum Gasteiger partial charge on any atom is -0.431 e. The lowest BCUT2D eigenvalue weighted by Crippen LogP contribution is -2.22. The van der Waals surface area contributed by atoms with E-state index in [2.05, 4.69) is 18.8 Å². The van der Waals surface area contributed by atoms with Crippen LogP contribution < -0.4 is 0 Å². The highest BCUT2D eigenvalue weighted by Crippen LogP contribution is 2.13. The maximum atomic E-state index is 11.7. The van der Waals surface area contributed by atoms with Crippen LogP contribution in [0.5, 0.6) is 0 Å². The molecule has 0 bridgehead atoms. The molecule has 0 aromatic carbocycles. The second-order valence-corrected chi connectivity index (χ2v) is 4.85. The van der Waals surface area contributed by atoms with E-state index in [0.29, 0.717) is 18.2 Å². The van der Waals surface area contributed by atoms with Crippen molar-refractivity contribution in [3.63, 3.8) is 0 Å². The summed E-state index contributed by atoms with van der Waals surface area (Å²) < 4.78 is 10.7. The highest BCUT2D eigenvalue weighted by molar-refractivity contribution is 7.07. The molecule has 4 nitrogen and oxygen atoms in total. The Morgan fingerprint density at radius 1 is 1.47 bits per heavy atom. The van der Waals surface area contributed by atoms with Crippen LogP contribution in [0.25, 0.3) is 0 Å². The Bertz CT molecular complexity index is 325. The van der Waals surface area contributed by atoms with Crippen LogP contribution in [0.1, 0.15) is 44.1 Å². The topological polar surface area (TPSA) is 48.4 Å². The summed E-state index contributed by atoms with van der Waals surface area (Å²) in [6.45, 7) is 6.68. The fraction of sp³-hybridized carbons (Fsp3) is 0.667. The van der Waals surface area contributed by atoms with E-state index in [4.69, 9.17) is 9.47 Å². The van der Waals surface area contributed by atoms with E-state index < -0.39 is 12.3 Å². The van der Waals surface area contributed by atoms with Crippen LogP contribution in [-0.2, 0) is 9.47 Å². The molecular formula is C12H19NO3S. The fourth-order valence-electron chi connectivity index (χ4n) is 1.32. The molecule has 0 N–H and O–H groups in total. The van der Waals surface area contributed by atoms with Crippen molar-refractivity contribution in [1.82, 2.24) is 4.98 Å². The third kappa shape index (κ3) is 5.28. The smallest absolute Gasteiger partial charge is 0.360 e. The molecule has 0 aliphatic heterocycles. The first-order valence-electron chi connectivity index (χ1n) is 5.84. The molecule has 0 spiro atoms. The van der Waals surface area contributed by atoms with E-state index in [1.807, 2.05) is 6.92 Å². The molecule has 0 fully saturated rings. The van der Waals surface area contributed by atoms with Crippen molar-refractivity contribution < 1.29 is 14.3 Å². The van der Waals surface area contributed by atoms with E-state index in [-0.39, 0.29) is 0 Å². The van der Waals surface area contributed by atoms with Gasteiger partial charge in [0.25, 0.3) is 0 Å². The largest absolute Gasteiger partial charge is 0.431 e. The van der Waals surface area contributed by atoms with Crippen molar-refractivity contribution in [3.8, 4) is 0 Å². The van der Waals surface area contributed by atoms with Crippen molar-refractivity contribution >= 4 is 17.3 Å². The molecule has 5 heteroatoms. The SMILES string of the molecule is CCOC(CCC(C)C)OC(=O)c1cscn1. The maximum absolute atomic E-state index is 11.7. The van der Waals surface area contributed by atoms with Crippen LogP contribution in [0.2, 0.25) is 0 Å². The lowest BCUT2D eigenvalue weighted by atomic mass is 10.1. The summed E-state index contributed by atoms with van der Waals surface area (Å²) in [5.41, 5.74) is 1.96. The molecule has 1 atom stereocenters. The average molecular weight is 257 g/mol. The average Bonchev–Trinajstić information content (AvgIpc) is 2.79. The van der Waals surface area contributed by atoms with Gasteiger partial charge in [0.2, 0.25) is 6.29 Å². The number of hydrogen-bond donors (Lipinski definition) is 0. The molecule has 1 heterocycles. The van der Waals surface area contributed by atoms with Gasteiger partial charge in [0.15, 0.2) is 5.69 Å². The maximum Gasteiger partial charge on any atom is 0.360 e. The van der Waals surface area contributed by atoms with Crippen LogP contribution in [0.15, 0.2) is 10.9 Å². The number of rotatable bonds is 7.